The number of tetrazole rings is 1. The fourth-order valence-electron chi connectivity index (χ4n) is 2.41. The lowest BCUT2D eigenvalue weighted by molar-refractivity contribution is -0.117. The van der Waals surface area contributed by atoms with Gasteiger partial charge in [0.1, 0.15) is 6.54 Å². The maximum absolute atomic E-state index is 12.3. The molecule has 1 heterocycles. The highest BCUT2D eigenvalue weighted by atomic mass is 16.5. The molecule has 0 fully saturated rings. The average Bonchev–Trinajstić information content (AvgIpc) is 3.16. The molecule has 10 nitrogen and oxygen atoms in total. The van der Waals surface area contributed by atoms with Crippen LogP contribution in [0.15, 0.2) is 48.5 Å². The third-order valence-electron chi connectivity index (χ3n) is 3.77. The molecule has 3 rings (SSSR count). The van der Waals surface area contributed by atoms with Gasteiger partial charge in [-0.2, -0.15) is 4.80 Å². The van der Waals surface area contributed by atoms with Crippen molar-refractivity contribution in [2.45, 2.75) is 6.54 Å². The fourth-order valence-corrected chi connectivity index (χ4v) is 2.41. The van der Waals surface area contributed by atoms with E-state index >= 15 is 0 Å². The molecule has 0 aliphatic heterocycles. The number of ether oxygens (including phenoxy) is 1. The topological polar surface area (TPSA) is 142 Å². The highest BCUT2D eigenvalue weighted by Crippen LogP contribution is 2.17. The van der Waals surface area contributed by atoms with Gasteiger partial charge in [-0.3, -0.25) is 9.59 Å². The van der Waals surface area contributed by atoms with E-state index in [4.69, 9.17) is 10.5 Å². The number of rotatable bonds is 6. The molecule has 0 radical (unpaired) electrons. The number of nitrogens with one attached hydrogen (secondary N) is 1. The molecule has 3 aromatic rings. The summed E-state index contributed by atoms with van der Waals surface area (Å²) in [5.41, 5.74) is 6.74. The van der Waals surface area contributed by atoms with Gasteiger partial charge in [0.25, 0.3) is 0 Å². The number of nitrogens with zero attached hydrogens (tertiary/aromatic N) is 4. The second kappa shape index (κ2) is 8.08. The van der Waals surface area contributed by atoms with Crippen LogP contribution in [0.4, 0.5) is 5.69 Å². The van der Waals surface area contributed by atoms with Gasteiger partial charge in [0, 0.05) is 11.1 Å². The van der Waals surface area contributed by atoms with E-state index in [1.165, 1.54) is 7.11 Å². The van der Waals surface area contributed by atoms with Crippen molar-refractivity contribution in [3.8, 4) is 11.4 Å². The van der Waals surface area contributed by atoms with E-state index in [9.17, 15) is 14.4 Å². The zero-order chi connectivity index (χ0) is 20.1. The number of esters is 1. The first-order valence-electron chi connectivity index (χ1n) is 8.13. The van der Waals surface area contributed by atoms with E-state index in [0.29, 0.717) is 22.6 Å². The molecule has 10 heteroatoms. The molecule has 2 amide bonds. The number of primary amides is 1. The third-order valence-corrected chi connectivity index (χ3v) is 3.77. The number of methoxy groups -OCH3 is 1. The standard InChI is InChI=1S/C18H16N6O4/c1-28-18(27)13-4-2-3-5-14(13)20-15(25)10-24-22-17(21-23-24)12-8-6-11(7-9-12)16(19)26/h2-9H,10H2,1H3,(H2,19,26)(H,20,25). The van der Waals surface area contributed by atoms with Crippen LogP contribution in [0.1, 0.15) is 20.7 Å². The number of benzene rings is 2. The van der Waals surface area contributed by atoms with Gasteiger partial charge < -0.3 is 15.8 Å². The van der Waals surface area contributed by atoms with Gasteiger partial charge >= 0.3 is 5.97 Å². The van der Waals surface area contributed by atoms with Gasteiger partial charge in [-0.15, -0.1) is 10.2 Å². The number of carbonyl (C=O) groups is 3. The van der Waals surface area contributed by atoms with E-state index in [-0.39, 0.29) is 12.1 Å². The first-order chi connectivity index (χ1) is 13.5. The molecular weight excluding hydrogens is 364 g/mol. The Bertz CT molecular complexity index is 1030. The highest BCUT2D eigenvalue weighted by molar-refractivity contribution is 6.01. The Morgan fingerprint density at radius 3 is 2.50 bits per heavy atom. The quantitative estimate of drug-likeness (QED) is 0.604. The normalized spacial score (nSPS) is 10.3. The average molecular weight is 380 g/mol. The van der Waals surface area contributed by atoms with Gasteiger partial charge in [0.2, 0.25) is 17.6 Å². The van der Waals surface area contributed by atoms with Gasteiger partial charge in [0.15, 0.2) is 0 Å². The van der Waals surface area contributed by atoms with Gasteiger partial charge in [-0.05, 0) is 29.5 Å². The van der Waals surface area contributed by atoms with Crippen molar-refractivity contribution in [2.75, 3.05) is 12.4 Å². The number of aromatic nitrogens is 4. The Morgan fingerprint density at radius 1 is 1.11 bits per heavy atom. The number of amides is 2. The molecule has 1 aromatic heterocycles. The van der Waals surface area contributed by atoms with Crippen molar-refractivity contribution in [1.82, 2.24) is 20.2 Å². The minimum atomic E-state index is -0.559. The Balaban J connectivity index is 1.69. The van der Waals surface area contributed by atoms with Crippen LogP contribution in [-0.4, -0.2) is 45.1 Å². The summed E-state index contributed by atoms with van der Waals surface area (Å²) in [7, 11) is 1.26. The summed E-state index contributed by atoms with van der Waals surface area (Å²) >= 11 is 0. The first kappa shape index (κ1) is 18.7. The monoisotopic (exact) mass is 380 g/mol. The highest BCUT2D eigenvalue weighted by Gasteiger charge is 2.15. The lowest BCUT2D eigenvalue weighted by atomic mass is 10.1. The van der Waals surface area contributed by atoms with Crippen LogP contribution < -0.4 is 11.1 Å². The second-order valence-electron chi connectivity index (χ2n) is 5.67. The number of para-hydroxylation sites is 1. The summed E-state index contributed by atoms with van der Waals surface area (Å²) < 4.78 is 4.69. The zero-order valence-corrected chi connectivity index (χ0v) is 14.8. The maximum Gasteiger partial charge on any atom is 0.339 e. The van der Waals surface area contributed by atoms with Crippen molar-refractivity contribution < 1.29 is 19.1 Å². The summed E-state index contributed by atoms with van der Waals surface area (Å²) in [6, 6.07) is 12.8. The molecule has 0 atom stereocenters. The molecule has 0 saturated heterocycles. The van der Waals surface area contributed by atoms with Crippen LogP contribution in [0.25, 0.3) is 11.4 Å². The maximum atomic E-state index is 12.3. The van der Waals surface area contributed by atoms with Crippen molar-refractivity contribution in [1.29, 1.82) is 0 Å². The summed E-state index contributed by atoms with van der Waals surface area (Å²) in [6.07, 6.45) is 0. The number of nitrogens with two attached hydrogens (primary N) is 1. The van der Waals surface area contributed by atoms with Gasteiger partial charge in [-0.25, -0.2) is 4.79 Å². The number of anilines is 1. The Labute approximate surface area is 159 Å². The molecule has 0 aliphatic rings. The summed E-state index contributed by atoms with van der Waals surface area (Å²) in [4.78, 5) is 36.3. The molecule has 0 bridgehead atoms. The Hall–Kier alpha value is -4.08. The Morgan fingerprint density at radius 2 is 1.82 bits per heavy atom. The summed E-state index contributed by atoms with van der Waals surface area (Å²) in [6.45, 7) is -0.206. The molecule has 0 spiro atoms. The second-order valence-corrected chi connectivity index (χ2v) is 5.67. The first-order valence-corrected chi connectivity index (χ1v) is 8.13. The number of hydrogen-bond donors (Lipinski definition) is 2. The van der Waals surface area contributed by atoms with Gasteiger partial charge in [-0.1, -0.05) is 24.3 Å². The van der Waals surface area contributed by atoms with Crippen LogP contribution in [0, 0.1) is 0 Å². The predicted octanol–water partition coefficient (Wildman–Crippen LogP) is 0.864. The van der Waals surface area contributed by atoms with E-state index in [0.717, 1.165) is 4.80 Å². The Kier molecular flexibility index (Phi) is 5.40. The zero-order valence-electron chi connectivity index (χ0n) is 14.8. The van der Waals surface area contributed by atoms with Gasteiger partial charge in [0.05, 0.1) is 18.4 Å². The van der Waals surface area contributed by atoms with Crippen molar-refractivity contribution in [3.63, 3.8) is 0 Å². The lowest BCUT2D eigenvalue weighted by Crippen LogP contribution is -2.22. The minimum Gasteiger partial charge on any atom is -0.465 e. The van der Waals surface area contributed by atoms with E-state index in [2.05, 4.69) is 20.7 Å². The van der Waals surface area contributed by atoms with Crippen molar-refractivity contribution in [2.24, 2.45) is 5.73 Å². The summed E-state index contributed by atoms with van der Waals surface area (Å²) in [5.74, 6) is -1.24. The molecule has 142 valence electrons. The SMILES string of the molecule is COC(=O)c1ccccc1NC(=O)Cn1nnc(-c2ccc(C(N)=O)cc2)n1. The van der Waals surface area contributed by atoms with Crippen LogP contribution in [0.3, 0.4) is 0 Å². The molecule has 3 N–H and O–H groups in total. The molecule has 0 unspecified atom stereocenters. The minimum absolute atomic E-state index is 0.206. The molecule has 0 saturated carbocycles. The number of carbonyl (C=O) groups excluding carboxylic acids is 3. The van der Waals surface area contributed by atoms with E-state index < -0.39 is 17.8 Å². The smallest absolute Gasteiger partial charge is 0.339 e. The van der Waals surface area contributed by atoms with Crippen LogP contribution in [0.5, 0.6) is 0 Å². The summed E-state index contributed by atoms with van der Waals surface area (Å²) in [5, 5.41) is 14.5. The molecular formula is C18H16N6O4. The lowest BCUT2D eigenvalue weighted by Gasteiger charge is -2.08. The van der Waals surface area contributed by atoms with Crippen LogP contribution >= 0.6 is 0 Å². The van der Waals surface area contributed by atoms with E-state index in [1.54, 1.807) is 48.5 Å². The molecule has 28 heavy (non-hydrogen) atoms. The third kappa shape index (κ3) is 4.18. The van der Waals surface area contributed by atoms with Crippen molar-refractivity contribution >= 4 is 23.5 Å². The molecule has 2 aromatic carbocycles. The predicted molar refractivity (Wildman–Crippen MR) is 98.2 cm³/mol. The van der Waals surface area contributed by atoms with E-state index in [1.807, 2.05) is 0 Å². The fraction of sp³-hybridized carbons (Fsp3) is 0.111. The van der Waals surface area contributed by atoms with Crippen molar-refractivity contribution in [3.05, 3.63) is 59.7 Å². The van der Waals surface area contributed by atoms with Crippen LogP contribution in [0.2, 0.25) is 0 Å². The van der Waals surface area contributed by atoms with Crippen LogP contribution in [-0.2, 0) is 16.1 Å². The largest absolute Gasteiger partial charge is 0.465 e. The number of hydrogen-bond acceptors (Lipinski definition) is 7. The molecule has 0 aliphatic carbocycles.